The number of nitrogens with one attached hydrogen (secondary N) is 1. The van der Waals surface area contributed by atoms with Gasteiger partial charge in [-0.15, -0.1) is 10.2 Å². The Morgan fingerprint density at radius 1 is 1.29 bits per heavy atom. The maximum absolute atomic E-state index is 5.56. The van der Waals surface area contributed by atoms with Crippen molar-refractivity contribution in [1.82, 2.24) is 14.9 Å². The van der Waals surface area contributed by atoms with Gasteiger partial charge in [-0.25, -0.2) is 4.68 Å². The molecule has 0 spiro atoms. The molecule has 0 atom stereocenters. The molecule has 5 nitrogen and oxygen atoms in total. The third kappa shape index (κ3) is 3.07. The van der Waals surface area contributed by atoms with Crippen molar-refractivity contribution in [1.29, 1.82) is 0 Å². The number of rotatable bonds is 6. The molecular formula is C12H14N4O. The Balaban J connectivity index is 2.01. The lowest BCUT2D eigenvalue weighted by Gasteiger charge is -2.11. The fourth-order valence-electron chi connectivity index (χ4n) is 1.40. The summed E-state index contributed by atoms with van der Waals surface area (Å²) in [6.45, 7) is 4.78. The van der Waals surface area contributed by atoms with Crippen LogP contribution >= 0.6 is 0 Å². The lowest BCUT2D eigenvalue weighted by Crippen LogP contribution is -2.13. The van der Waals surface area contributed by atoms with Gasteiger partial charge in [0, 0.05) is 5.56 Å². The maximum atomic E-state index is 5.56. The average Bonchev–Trinajstić information content (AvgIpc) is 2.88. The summed E-state index contributed by atoms with van der Waals surface area (Å²) in [6, 6.07) is 7.87. The number of hydrogen-bond acceptors (Lipinski definition) is 4. The molecule has 2 rings (SSSR count). The first-order valence-corrected chi connectivity index (χ1v) is 5.30. The zero-order valence-corrected chi connectivity index (χ0v) is 9.41. The number of nitrogens with zero attached hydrogens (tertiary/aromatic N) is 3. The minimum absolute atomic E-state index is 0.504. The highest BCUT2D eigenvalue weighted by Crippen LogP contribution is 2.17. The van der Waals surface area contributed by atoms with Crippen molar-refractivity contribution in [3.8, 4) is 5.75 Å². The summed E-state index contributed by atoms with van der Waals surface area (Å²) >= 11 is 0. The molecular weight excluding hydrogens is 216 g/mol. The van der Waals surface area contributed by atoms with Crippen LogP contribution in [0.15, 0.2) is 49.6 Å². The Morgan fingerprint density at radius 2 is 2.06 bits per heavy atom. The molecule has 5 heteroatoms. The van der Waals surface area contributed by atoms with Gasteiger partial charge in [-0.1, -0.05) is 30.9 Å². The van der Waals surface area contributed by atoms with Gasteiger partial charge in [0.2, 0.25) is 0 Å². The summed E-state index contributed by atoms with van der Waals surface area (Å²) < 4.78 is 7.26. The van der Waals surface area contributed by atoms with E-state index in [0.717, 1.165) is 11.3 Å². The molecule has 0 radical (unpaired) electrons. The Labute approximate surface area is 99.7 Å². The second kappa shape index (κ2) is 5.69. The van der Waals surface area contributed by atoms with Crippen LogP contribution in [-0.4, -0.2) is 21.5 Å². The first kappa shape index (κ1) is 11.2. The number of para-hydroxylation sites is 1. The van der Waals surface area contributed by atoms with E-state index in [0.29, 0.717) is 13.2 Å². The van der Waals surface area contributed by atoms with Crippen LogP contribution in [0.3, 0.4) is 0 Å². The van der Waals surface area contributed by atoms with Gasteiger partial charge in [0.25, 0.3) is 0 Å². The van der Waals surface area contributed by atoms with Crippen molar-refractivity contribution in [2.24, 2.45) is 0 Å². The Morgan fingerprint density at radius 3 is 2.82 bits per heavy atom. The van der Waals surface area contributed by atoms with Crippen LogP contribution in [0.1, 0.15) is 5.56 Å². The number of benzene rings is 1. The zero-order valence-electron chi connectivity index (χ0n) is 9.41. The van der Waals surface area contributed by atoms with E-state index in [9.17, 15) is 0 Å². The Hall–Kier alpha value is -2.30. The molecule has 2 aromatic rings. The first-order chi connectivity index (χ1) is 8.40. The number of aromatic nitrogens is 3. The van der Waals surface area contributed by atoms with E-state index in [2.05, 4.69) is 22.2 Å². The van der Waals surface area contributed by atoms with E-state index in [1.165, 1.54) is 0 Å². The van der Waals surface area contributed by atoms with Gasteiger partial charge in [0.05, 0.1) is 6.54 Å². The van der Waals surface area contributed by atoms with Gasteiger partial charge in [-0.3, -0.25) is 0 Å². The molecule has 0 bridgehead atoms. The van der Waals surface area contributed by atoms with Gasteiger partial charge >= 0.3 is 0 Å². The SMILES string of the molecule is C=CCOc1ccccc1CNn1cnnc1. The van der Waals surface area contributed by atoms with Crippen LogP contribution in [-0.2, 0) is 6.54 Å². The van der Waals surface area contributed by atoms with Crippen LogP contribution in [0.2, 0.25) is 0 Å². The smallest absolute Gasteiger partial charge is 0.138 e. The van der Waals surface area contributed by atoms with Crippen molar-refractivity contribution in [2.45, 2.75) is 6.54 Å². The molecule has 0 aliphatic carbocycles. The Bertz CT molecular complexity index is 467. The van der Waals surface area contributed by atoms with Crippen molar-refractivity contribution in [3.63, 3.8) is 0 Å². The van der Waals surface area contributed by atoms with Crippen LogP contribution in [0.5, 0.6) is 5.75 Å². The summed E-state index contributed by atoms with van der Waals surface area (Å²) in [4.78, 5) is 0. The number of ether oxygens (including phenoxy) is 1. The highest BCUT2D eigenvalue weighted by Gasteiger charge is 2.01. The third-order valence-corrected chi connectivity index (χ3v) is 2.20. The molecule has 0 unspecified atom stereocenters. The van der Waals surface area contributed by atoms with E-state index in [1.807, 2.05) is 24.3 Å². The second-order valence-electron chi connectivity index (χ2n) is 3.41. The molecule has 0 fully saturated rings. The highest BCUT2D eigenvalue weighted by atomic mass is 16.5. The first-order valence-electron chi connectivity index (χ1n) is 5.30. The van der Waals surface area contributed by atoms with Gasteiger partial charge in [0.15, 0.2) is 0 Å². The maximum Gasteiger partial charge on any atom is 0.138 e. The number of hydrogen-bond donors (Lipinski definition) is 1. The topological polar surface area (TPSA) is 52.0 Å². The largest absolute Gasteiger partial charge is 0.489 e. The Kier molecular flexibility index (Phi) is 3.75. The molecule has 0 saturated heterocycles. The van der Waals surface area contributed by atoms with Crippen molar-refractivity contribution in [3.05, 3.63) is 55.1 Å². The monoisotopic (exact) mass is 230 g/mol. The molecule has 17 heavy (non-hydrogen) atoms. The van der Waals surface area contributed by atoms with Gasteiger partial charge in [-0.2, -0.15) is 0 Å². The molecule has 1 heterocycles. The van der Waals surface area contributed by atoms with E-state index >= 15 is 0 Å². The van der Waals surface area contributed by atoms with E-state index in [-0.39, 0.29) is 0 Å². The van der Waals surface area contributed by atoms with Crippen LogP contribution < -0.4 is 10.2 Å². The molecule has 88 valence electrons. The lowest BCUT2D eigenvalue weighted by atomic mass is 10.2. The van der Waals surface area contributed by atoms with Crippen LogP contribution in [0.25, 0.3) is 0 Å². The average molecular weight is 230 g/mol. The summed E-state index contributed by atoms with van der Waals surface area (Å²) in [5.74, 6) is 0.855. The molecule has 0 aliphatic heterocycles. The van der Waals surface area contributed by atoms with Gasteiger partial charge in [0.1, 0.15) is 25.0 Å². The van der Waals surface area contributed by atoms with Crippen LogP contribution in [0.4, 0.5) is 0 Å². The quantitative estimate of drug-likeness (QED) is 0.766. The minimum atomic E-state index is 0.504. The minimum Gasteiger partial charge on any atom is -0.489 e. The predicted octanol–water partition coefficient (Wildman–Crippen LogP) is 1.59. The fourth-order valence-corrected chi connectivity index (χ4v) is 1.40. The standard InChI is InChI=1S/C12H14N4O/c1-2-7-17-12-6-4-3-5-11(12)8-15-16-9-13-14-10-16/h2-6,9-10,15H,1,7-8H2. The van der Waals surface area contributed by atoms with Gasteiger partial charge < -0.3 is 10.2 Å². The molecule has 1 aromatic carbocycles. The summed E-state index contributed by atoms with van der Waals surface area (Å²) in [5, 5.41) is 7.42. The summed E-state index contributed by atoms with van der Waals surface area (Å²) in [7, 11) is 0. The van der Waals surface area contributed by atoms with Crippen molar-refractivity contribution < 1.29 is 4.74 Å². The molecule has 1 aromatic heterocycles. The van der Waals surface area contributed by atoms with Crippen molar-refractivity contribution in [2.75, 3.05) is 12.0 Å². The zero-order chi connectivity index (χ0) is 11.9. The summed E-state index contributed by atoms with van der Waals surface area (Å²) in [5.41, 5.74) is 4.22. The normalized spacial score (nSPS) is 9.88. The molecule has 1 N–H and O–H groups in total. The lowest BCUT2D eigenvalue weighted by molar-refractivity contribution is 0.359. The third-order valence-electron chi connectivity index (χ3n) is 2.20. The van der Waals surface area contributed by atoms with Crippen molar-refractivity contribution >= 4 is 0 Å². The van der Waals surface area contributed by atoms with Crippen LogP contribution in [0, 0.1) is 0 Å². The molecule has 0 aliphatic rings. The molecule has 0 saturated carbocycles. The highest BCUT2D eigenvalue weighted by molar-refractivity contribution is 5.34. The molecule has 0 amide bonds. The van der Waals surface area contributed by atoms with Gasteiger partial charge in [-0.05, 0) is 6.07 Å². The van der Waals surface area contributed by atoms with E-state index < -0.39 is 0 Å². The fraction of sp³-hybridized carbons (Fsp3) is 0.167. The van der Waals surface area contributed by atoms with E-state index in [1.54, 1.807) is 23.4 Å². The predicted molar refractivity (Wildman–Crippen MR) is 65.2 cm³/mol. The second-order valence-corrected chi connectivity index (χ2v) is 3.41. The summed E-state index contributed by atoms with van der Waals surface area (Å²) in [6.07, 6.45) is 4.93. The van der Waals surface area contributed by atoms with E-state index in [4.69, 9.17) is 4.74 Å².